The Morgan fingerprint density at radius 1 is 1.53 bits per heavy atom. The molecule has 1 atom stereocenters. The summed E-state index contributed by atoms with van der Waals surface area (Å²) in [6.45, 7) is 4.39. The van der Waals surface area contributed by atoms with Gasteiger partial charge < -0.3 is 0 Å². The molecule has 0 aliphatic carbocycles. The van der Waals surface area contributed by atoms with Gasteiger partial charge in [-0.3, -0.25) is 0 Å². The molecule has 2 aromatic rings. The van der Waals surface area contributed by atoms with Crippen LogP contribution in [0.2, 0.25) is 0 Å². The molecule has 0 saturated heterocycles. The van der Waals surface area contributed by atoms with Crippen LogP contribution in [0.5, 0.6) is 0 Å². The highest BCUT2D eigenvalue weighted by atomic mass is 79.9. The number of hydrogen-bond donors (Lipinski definition) is 1. The van der Waals surface area contributed by atoms with Crippen molar-refractivity contribution in [2.24, 2.45) is 5.92 Å². The van der Waals surface area contributed by atoms with Gasteiger partial charge in [0.25, 0.3) is 0 Å². The first-order chi connectivity index (χ1) is 8.06. The summed E-state index contributed by atoms with van der Waals surface area (Å²) in [5.74, 6) is 0.649. The van der Waals surface area contributed by atoms with Crippen molar-refractivity contribution in [3.63, 3.8) is 0 Å². The highest BCUT2D eigenvalue weighted by Gasteiger charge is 2.10. The molecule has 5 nitrogen and oxygen atoms in total. The van der Waals surface area contributed by atoms with Crippen LogP contribution < -0.4 is 5.69 Å². The fourth-order valence-electron chi connectivity index (χ4n) is 1.78. The van der Waals surface area contributed by atoms with Crippen molar-refractivity contribution in [2.75, 3.05) is 0 Å². The van der Waals surface area contributed by atoms with Crippen LogP contribution in [0.25, 0.3) is 5.65 Å². The average molecular weight is 299 g/mol. The molecular weight excluding hydrogens is 284 g/mol. The zero-order chi connectivity index (χ0) is 12.4. The average Bonchev–Trinajstić information content (AvgIpc) is 2.58. The Kier molecular flexibility index (Phi) is 3.61. The van der Waals surface area contributed by atoms with Gasteiger partial charge in [0.05, 0.1) is 0 Å². The Balaban J connectivity index is 2.16. The van der Waals surface area contributed by atoms with E-state index in [4.69, 9.17) is 0 Å². The lowest BCUT2D eigenvalue weighted by atomic mass is 10.1. The number of aromatic amines is 1. The smallest absolute Gasteiger partial charge is 0.246 e. The van der Waals surface area contributed by atoms with Crippen molar-refractivity contribution >= 4 is 21.6 Å². The molecule has 0 spiro atoms. The standard InChI is InChI=1S/C11H15BrN4O/c1-7(2)3-8(12)4-9-5-10-14-15-11(17)16(10)6-13-9/h5-8H,3-4H2,1-2H3,(H,15,17). The summed E-state index contributed by atoms with van der Waals surface area (Å²) in [6, 6.07) is 1.84. The molecule has 2 rings (SSSR count). The van der Waals surface area contributed by atoms with Crippen LogP contribution in [-0.2, 0) is 6.42 Å². The summed E-state index contributed by atoms with van der Waals surface area (Å²) >= 11 is 3.65. The number of rotatable bonds is 4. The minimum atomic E-state index is -0.253. The lowest BCUT2D eigenvalue weighted by Gasteiger charge is -2.11. The number of nitrogens with one attached hydrogen (secondary N) is 1. The molecule has 0 radical (unpaired) electrons. The van der Waals surface area contributed by atoms with Crippen LogP contribution >= 0.6 is 15.9 Å². The number of fused-ring (bicyclic) bond motifs is 1. The molecule has 1 N–H and O–H groups in total. The van der Waals surface area contributed by atoms with Crippen molar-refractivity contribution in [3.05, 3.63) is 28.6 Å². The van der Waals surface area contributed by atoms with E-state index >= 15 is 0 Å². The van der Waals surface area contributed by atoms with E-state index in [0.717, 1.165) is 18.5 Å². The van der Waals surface area contributed by atoms with Crippen LogP contribution in [0.15, 0.2) is 17.2 Å². The van der Waals surface area contributed by atoms with Crippen molar-refractivity contribution in [2.45, 2.75) is 31.5 Å². The SMILES string of the molecule is CC(C)CC(Br)Cc1cc2n[nH]c(=O)n2cn1. The predicted octanol–water partition coefficient (Wildman–Crippen LogP) is 1.77. The molecule has 6 heteroatoms. The Morgan fingerprint density at radius 2 is 2.29 bits per heavy atom. The number of hydrogen-bond acceptors (Lipinski definition) is 3. The Morgan fingerprint density at radius 3 is 3.00 bits per heavy atom. The number of nitrogens with zero attached hydrogens (tertiary/aromatic N) is 3. The lowest BCUT2D eigenvalue weighted by Crippen LogP contribution is -2.12. The summed E-state index contributed by atoms with van der Waals surface area (Å²) in [6.07, 6.45) is 3.46. The van der Waals surface area contributed by atoms with E-state index < -0.39 is 0 Å². The van der Waals surface area contributed by atoms with E-state index in [9.17, 15) is 4.79 Å². The van der Waals surface area contributed by atoms with Crippen molar-refractivity contribution < 1.29 is 0 Å². The first kappa shape index (κ1) is 12.3. The van der Waals surface area contributed by atoms with Gasteiger partial charge in [0.2, 0.25) is 0 Å². The zero-order valence-electron chi connectivity index (χ0n) is 9.85. The van der Waals surface area contributed by atoms with E-state index in [-0.39, 0.29) is 5.69 Å². The molecule has 2 heterocycles. The Labute approximate surface area is 107 Å². The summed E-state index contributed by atoms with van der Waals surface area (Å²) < 4.78 is 1.40. The number of alkyl halides is 1. The predicted molar refractivity (Wildman–Crippen MR) is 69.5 cm³/mol. The molecule has 0 fully saturated rings. The van der Waals surface area contributed by atoms with Crippen molar-refractivity contribution in [1.82, 2.24) is 19.6 Å². The first-order valence-electron chi connectivity index (χ1n) is 5.62. The van der Waals surface area contributed by atoms with Gasteiger partial charge in [-0.25, -0.2) is 19.3 Å². The van der Waals surface area contributed by atoms with Gasteiger partial charge in [-0.2, -0.15) is 5.10 Å². The van der Waals surface area contributed by atoms with Crippen molar-refractivity contribution in [3.8, 4) is 0 Å². The maximum Gasteiger partial charge on any atom is 0.348 e. The summed E-state index contributed by atoms with van der Waals surface area (Å²) in [5, 5.41) is 6.31. The van der Waals surface area contributed by atoms with E-state index in [0.29, 0.717) is 16.4 Å². The molecular formula is C11H15BrN4O. The van der Waals surface area contributed by atoms with Crippen LogP contribution in [0, 0.1) is 5.92 Å². The van der Waals surface area contributed by atoms with E-state index in [1.807, 2.05) is 6.07 Å². The monoisotopic (exact) mass is 298 g/mol. The third-order valence-electron chi connectivity index (χ3n) is 2.52. The molecule has 0 aliphatic heterocycles. The van der Waals surface area contributed by atoms with Gasteiger partial charge in [-0.1, -0.05) is 29.8 Å². The number of halogens is 1. The topological polar surface area (TPSA) is 63.0 Å². The second-order valence-electron chi connectivity index (χ2n) is 4.57. The second-order valence-corrected chi connectivity index (χ2v) is 5.86. The fourth-order valence-corrected chi connectivity index (χ4v) is 2.86. The van der Waals surface area contributed by atoms with Crippen LogP contribution in [0.1, 0.15) is 26.0 Å². The molecule has 17 heavy (non-hydrogen) atoms. The zero-order valence-corrected chi connectivity index (χ0v) is 11.4. The molecule has 0 saturated carbocycles. The van der Waals surface area contributed by atoms with E-state index in [1.165, 1.54) is 10.7 Å². The van der Waals surface area contributed by atoms with Crippen LogP contribution in [0.4, 0.5) is 0 Å². The van der Waals surface area contributed by atoms with Gasteiger partial charge in [0.1, 0.15) is 6.33 Å². The quantitative estimate of drug-likeness (QED) is 0.875. The molecule has 1 unspecified atom stereocenters. The molecule has 0 amide bonds. The largest absolute Gasteiger partial charge is 0.348 e. The second kappa shape index (κ2) is 5.00. The van der Waals surface area contributed by atoms with Gasteiger partial charge in [-0.05, 0) is 12.3 Å². The van der Waals surface area contributed by atoms with Crippen LogP contribution in [0.3, 0.4) is 0 Å². The molecule has 2 aromatic heterocycles. The van der Waals surface area contributed by atoms with Crippen molar-refractivity contribution in [1.29, 1.82) is 0 Å². The summed E-state index contributed by atoms with van der Waals surface area (Å²) in [4.78, 5) is 15.9. The lowest BCUT2D eigenvalue weighted by molar-refractivity contribution is 0.568. The third kappa shape index (κ3) is 2.94. The van der Waals surface area contributed by atoms with Gasteiger partial charge in [0.15, 0.2) is 5.65 Å². The molecule has 0 bridgehead atoms. The fraction of sp³-hybridized carbons (Fsp3) is 0.545. The van der Waals surface area contributed by atoms with E-state index in [2.05, 4.69) is 45.0 Å². The molecule has 0 aromatic carbocycles. The third-order valence-corrected chi connectivity index (χ3v) is 3.22. The Hall–Kier alpha value is -1.17. The summed E-state index contributed by atoms with van der Waals surface area (Å²) in [5.41, 5.74) is 1.31. The maximum absolute atomic E-state index is 11.3. The first-order valence-corrected chi connectivity index (χ1v) is 6.53. The summed E-state index contributed by atoms with van der Waals surface area (Å²) in [7, 11) is 0. The van der Waals surface area contributed by atoms with E-state index in [1.54, 1.807) is 0 Å². The Bertz CT molecular complexity index is 560. The maximum atomic E-state index is 11.3. The normalized spacial score (nSPS) is 13.4. The van der Waals surface area contributed by atoms with Gasteiger partial charge >= 0.3 is 5.69 Å². The highest BCUT2D eigenvalue weighted by molar-refractivity contribution is 9.09. The minimum Gasteiger partial charge on any atom is -0.246 e. The molecule has 92 valence electrons. The number of H-pyrrole nitrogens is 1. The minimum absolute atomic E-state index is 0.253. The van der Waals surface area contributed by atoms with Gasteiger partial charge in [-0.15, -0.1) is 0 Å². The van der Waals surface area contributed by atoms with Crippen LogP contribution in [-0.4, -0.2) is 24.4 Å². The number of aromatic nitrogens is 4. The highest BCUT2D eigenvalue weighted by Crippen LogP contribution is 2.17. The van der Waals surface area contributed by atoms with Gasteiger partial charge in [0, 0.05) is 23.0 Å². The molecule has 0 aliphatic rings.